The number of aryl methyl sites for hydroxylation is 2. The highest BCUT2D eigenvalue weighted by Crippen LogP contribution is 2.37. The van der Waals surface area contributed by atoms with Gasteiger partial charge in [-0.2, -0.15) is 0 Å². The van der Waals surface area contributed by atoms with Crippen LogP contribution in [0.3, 0.4) is 0 Å². The maximum absolute atomic E-state index is 13.2. The second-order valence-electron chi connectivity index (χ2n) is 8.39. The zero-order valence-corrected chi connectivity index (χ0v) is 16.0. The van der Waals surface area contributed by atoms with E-state index in [0.717, 1.165) is 25.1 Å². The van der Waals surface area contributed by atoms with Gasteiger partial charge < -0.3 is 9.80 Å². The molecule has 0 spiro atoms. The van der Waals surface area contributed by atoms with Crippen LogP contribution >= 0.6 is 0 Å². The van der Waals surface area contributed by atoms with Gasteiger partial charge in [0.2, 0.25) is 11.8 Å². The number of rotatable bonds is 2. The molecule has 3 unspecified atom stereocenters. The number of piperidine rings is 1. The lowest BCUT2D eigenvalue weighted by atomic mass is 9.78. The lowest BCUT2D eigenvalue weighted by Crippen LogP contribution is -2.52. The van der Waals surface area contributed by atoms with Crippen LogP contribution < -0.4 is 4.90 Å². The second-order valence-corrected chi connectivity index (χ2v) is 8.39. The molecule has 0 bridgehead atoms. The van der Waals surface area contributed by atoms with Gasteiger partial charge >= 0.3 is 0 Å². The molecule has 2 heterocycles. The van der Waals surface area contributed by atoms with Gasteiger partial charge in [-0.05, 0) is 75.1 Å². The lowest BCUT2D eigenvalue weighted by molar-refractivity contribution is -0.145. The van der Waals surface area contributed by atoms with Gasteiger partial charge in [-0.1, -0.05) is 18.9 Å². The first-order valence-electron chi connectivity index (χ1n) is 10.3. The highest BCUT2D eigenvalue weighted by atomic mass is 16.2. The van der Waals surface area contributed by atoms with Crippen LogP contribution in [0, 0.1) is 25.7 Å². The number of carbonyl (C=O) groups is 2. The van der Waals surface area contributed by atoms with E-state index in [9.17, 15) is 9.59 Å². The van der Waals surface area contributed by atoms with Crippen molar-refractivity contribution in [3.8, 4) is 0 Å². The first-order valence-corrected chi connectivity index (χ1v) is 10.3. The molecule has 0 aromatic heterocycles. The Hall–Kier alpha value is -1.84. The predicted molar refractivity (Wildman–Crippen MR) is 103 cm³/mol. The van der Waals surface area contributed by atoms with Crippen molar-refractivity contribution in [2.45, 2.75) is 64.8 Å². The van der Waals surface area contributed by atoms with E-state index in [2.05, 4.69) is 30.9 Å². The maximum Gasteiger partial charge on any atom is 0.239 e. The Balaban J connectivity index is 1.50. The molecule has 2 aliphatic heterocycles. The van der Waals surface area contributed by atoms with E-state index in [4.69, 9.17) is 0 Å². The molecule has 4 nitrogen and oxygen atoms in total. The normalized spacial score (nSPS) is 29.0. The first kappa shape index (κ1) is 17.6. The van der Waals surface area contributed by atoms with Crippen molar-refractivity contribution in [3.63, 3.8) is 0 Å². The summed E-state index contributed by atoms with van der Waals surface area (Å²) in [5.41, 5.74) is 3.35. The smallest absolute Gasteiger partial charge is 0.239 e. The third-order valence-corrected chi connectivity index (χ3v) is 6.83. The summed E-state index contributed by atoms with van der Waals surface area (Å²) in [6, 6.07) is 6.52. The molecule has 1 aromatic rings. The van der Waals surface area contributed by atoms with Crippen LogP contribution in [-0.4, -0.2) is 35.8 Å². The standard InChI is InChI=1S/C22H30N2O2/c1-15-9-10-18(14-16(15)2)23-13-11-19(21(23)25)22(26)24-12-5-7-17-6-3-4-8-20(17)24/h9-10,14,17,19-20H,3-8,11-13H2,1-2H3. The molecule has 0 radical (unpaired) electrons. The molecular weight excluding hydrogens is 324 g/mol. The number of nitrogens with zero attached hydrogens (tertiary/aromatic N) is 2. The Labute approximate surface area is 156 Å². The van der Waals surface area contributed by atoms with Crippen LogP contribution in [0.1, 0.15) is 56.1 Å². The molecule has 4 rings (SSSR count). The lowest BCUT2D eigenvalue weighted by Gasteiger charge is -2.44. The largest absolute Gasteiger partial charge is 0.339 e. The molecular formula is C22H30N2O2. The Morgan fingerprint density at radius 3 is 2.54 bits per heavy atom. The topological polar surface area (TPSA) is 40.6 Å². The Morgan fingerprint density at radius 2 is 1.73 bits per heavy atom. The summed E-state index contributed by atoms with van der Waals surface area (Å²) >= 11 is 0. The summed E-state index contributed by atoms with van der Waals surface area (Å²) in [6.07, 6.45) is 7.89. The van der Waals surface area contributed by atoms with Crippen molar-refractivity contribution < 1.29 is 9.59 Å². The predicted octanol–water partition coefficient (Wildman–Crippen LogP) is 3.84. The van der Waals surface area contributed by atoms with E-state index in [-0.39, 0.29) is 11.8 Å². The Bertz CT molecular complexity index is 712. The average molecular weight is 354 g/mol. The highest BCUT2D eigenvalue weighted by molar-refractivity contribution is 6.09. The quantitative estimate of drug-likeness (QED) is 0.757. The summed E-state index contributed by atoms with van der Waals surface area (Å²) in [6.45, 7) is 5.64. The minimum absolute atomic E-state index is 0.00353. The molecule has 4 heteroatoms. The zero-order valence-electron chi connectivity index (χ0n) is 16.0. The molecule has 1 aromatic carbocycles. The van der Waals surface area contributed by atoms with E-state index >= 15 is 0 Å². The number of hydrogen-bond donors (Lipinski definition) is 0. The minimum Gasteiger partial charge on any atom is -0.339 e. The van der Waals surface area contributed by atoms with Gasteiger partial charge in [0.25, 0.3) is 0 Å². The van der Waals surface area contributed by atoms with Gasteiger partial charge in [-0.25, -0.2) is 0 Å². The molecule has 26 heavy (non-hydrogen) atoms. The summed E-state index contributed by atoms with van der Waals surface area (Å²) in [5, 5.41) is 0. The molecule has 1 aliphatic carbocycles. The molecule has 3 aliphatic rings. The van der Waals surface area contributed by atoms with Crippen molar-refractivity contribution in [3.05, 3.63) is 29.3 Å². The number of amides is 2. The van der Waals surface area contributed by atoms with Crippen LogP contribution in [0.25, 0.3) is 0 Å². The van der Waals surface area contributed by atoms with Crippen LogP contribution in [0.2, 0.25) is 0 Å². The average Bonchev–Trinajstić information content (AvgIpc) is 3.04. The fourth-order valence-electron chi connectivity index (χ4n) is 5.16. The monoisotopic (exact) mass is 354 g/mol. The van der Waals surface area contributed by atoms with E-state index in [1.807, 2.05) is 11.0 Å². The fraction of sp³-hybridized carbons (Fsp3) is 0.636. The highest BCUT2D eigenvalue weighted by Gasteiger charge is 2.44. The van der Waals surface area contributed by atoms with Crippen molar-refractivity contribution in [1.29, 1.82) is 0 Å². The number of benzene rings is 1. The Morgan fingerprint density at radius 1 is 0.962 bits per heavy atom. The van der Waals surface area contributed by atoms with E-state index in [1.165, 1.54) is 36.8 Å². The van der Waals surface area contributed by atoms with Gasteiger partial charge in [0.15, 0.2) is 0 Å². The van der Waals surface area contributed by atoms with Gasteiger partial charge in [-0.15, -0.1) is 0 Å². The fourth-order valence-corrected chi connectivity index (χ4v) is 5.16. The molecule has 3 atom stereocenters. The van der Waals surface area contributed by atoms with Crippen LogP contribution in [0.5, 0.6) is 0 Å². The molecule has 1 saturated carbocycles. The third-order valence-electron chi connectivity index (χ3n) is 6.83. The van der Waals surface area contributed by atoms with Crippen LogP contribution in [0.15, 0.2) is 18.2 Å². The van der Waals surface area contributed by atoms with E-state index < -0.39 is 5.92 Å². The number of anilines is 1. The van der Waals surface area contributed by atoms with Crippen molar-refractivity contribution in [1.82, 2.24) is 4.90 Å². The Kier molecular flexibility index (Phi) is 4.76. The number of carbonyl (C=O) groups excluding carboxylic acids is 2. The van der Waals surface area contributed by atoms with Crippen LogP contribution in [0.4, 0.5) is 5.69 Å². The first-order chi connectivity index (χ1) is 12.6. The number of fused-ring (bicyclic) bond motifs is 1. The zero-order chi connectivity index (χ0) is 18.3. The van der Waals surface area contributed by atoms with Crippen molar-refractivity contribution in [2.24, 2.45) is 11.8 Å². The minimum atomic E-state index is -0.475. The second kappa shape index (κ2) is 7.05. The van der Waals surface area contributed by atoms with Gasteiger partial charge in [0.05, 0.1) is 0 Å². The molecule has 3 fully saturated rings. The number of likely N-dealkylation sites (tertiary alicyclic amines) is 1. The molecule has 2 saturated heterocycles. The maximum atomic E-state index is 13.2. The van der Waals surface area contributed by atoms with E-state index in [1.54, 1.807) is 0 Å². The number of hydrogen-bond acceptors (Lipinski definition) is 2. The SMILES string of the molecule is Cc1ccc(N2CCC(C(=O)N3CCCC4CCCCC43)C2=O)cc1C. The van der Waals surface area contributed by atoms with Gasteiger partial charge in [-0.3, -0.25) is 9.59 Å². The van der Waals surface area contributed by atoms with Crippen molar-refractivity contribution in [2.75, 3.05) is 18.0 Å². The molecule has 2 amide bonds. The van der Waals surface area contributed by atoms with Crippen molar-refractivity contribution >= 4 is 17.5 Å². The summed E-state index contributed by atoms with van der Waals surface area (Å²) < 4.78 is 0. The van der Waals surface area contributed by atoms with Gasteiger partial charge in [0, 0.05) is 24.8 Å². The van der Waals surface area contributed by atoms with E-state index in [0.29, 0.717) is 24.9 Å². The summed E-state index contributed by atoms with van der Waals surface area (Å²) in [5.74, 6) is 0.278. The molecule has 0 N–H and O–H groups in total. The van der Waals surface area contributed by atoms with Crippen LogP contribution in [-0.2, 0) is 9.59 Å². The summed E-state index contributed by atoms with van der Waals surface area (Å²) in [4.78, 5) is 30.2. The van der Waals surface area contributed by atoms with Gasteiger partial charge in [0.1, 0.15) is 5.92 Å². The third kappa shape index (κ3) is 3.04. The summed E-state index contributed by atoms with van der Waals surface area (Å²) in [7, 11) is 0. The molecule has 140 valence electrons.